The molecule has 1 aromatic carbocycles. The van der Waals surface area contributed by atoms with Crippen molar-refractivity contribution in [3.63, 3.8) is 0 Å². The number of hydrogen-bond acceptors (Lipinski definition) is 4. The lowest BCUT2D eigenvalue weighted by molar-refractivity contribution is 0.418. The predicted molar refractivity (Wildman–Crippen MR) is 85.1 cm³/mol. The third kappa shape index (κ3) is 2.53. The summed E-state index contributed by atoms with van der Waals surface area (Å²) >= 11 is 6.30. The highest BCUT2D eigenvalue weighted by molar-refractivity contribution is 6.33. The van der Waals surface area contributed by atoms with E-state index in [4.69, 9.17) is 27.1 Å². The summed E-state index contributed by atoms with van der Waals surface area (Å²) in [6.45, 7) is 2.57. The molecule has 20 heavy (non-hydrogen) atoms. The van der Waals surface area contributed by atoms with Crippen molar-refractivity contribution in [2.75, 3.05) is 32.6 Å². The van der Waals surface area contributed by atoms with Crippen molar-refractivity contribution >= 4 is 28.2 Å². The molecule has 1 aromatic heterocycles. The number of fused-ring (bicyclic) bond motifs is 1. The van der Waals surface area contributed by atoms with E-state index in [1.54, 1.807) is 7.11 Å². The summed E-state index contributed by atoms with van der Waals surface area (Å²) in [5.41, 5.74) is 9.54. The molecule has 1 heterocycles. The molecule has 0 bridgehead atoms. The molecule has 0 aliphatic carbocycles. The lowest BCUT2D eigenvalue weighted by atomic mass is 10.0. The van der Waals surface area contributed by atoms with Crippen LogP contribution in [-0.2, 0) is 6.42 Å². The van der Waals surface area contributed by atoms with E-state index in [-0.39, 0.29) is 0 Å². The maximum Gasteiger partial charge on any atom is 0.146 e. The number of anilines is 1. The van der Waals surface area contributed by atoms with E-state index in [0.29, 0.717) is 17.3 Å². The first-order valence-electron chi connectivity index (χ1n) is 6.53. The fourth-order valence-electron chi connectivity index (χ4n) is 2.33. The average molecular weight is 294 g/mol. The highest BCUT2D eigenvalue weighted by Crippen LogP contribution is 2.38. The highest BCUT2D eigenvalue weighted by Gasteiger charge is 2.16. The molecule has 0 spiro atoms. The second-order valence-electron chi connectivity index (χ2n) is 4.98. The van der Waals surface area contributed by atoms with E-state index in [9.17, 15) is 0 Å². The fraction of sp³-hybridized carbons (Fsp3) is 0.400. The van der Waals surface area contributed by atoms with Crippen LogP contribution in [0.3, 0.4) is 0 Å². The molecule has 4 nitrogen and oxygen atoms in total. The molecule has 2 rings (SSSR count). The van der Waals surface area contributed by atoms with Crippen LogP contribution in [0.25, 0.3) is 10.9 Å². The molecule has 0 fully saturated rings. The van der Waals surface area contributed by atoms with Crippen LogP contribution in [0.2, 0.25) is 5.02 Å². The van der Waals surface area contributed by atoms with Crippen molar-refractivity contribution in [1.29, 1.82) is 0 Å². The zero-order chi connectivity index (χ0) is 14.9. The third-order valence-corrected chi connectivity index (χ3v) is 3.77. The molecular formula is C15H20ClN3O. The summed E-state index contributed by atoms with van der Waals surface area (Å²) in [6, 6.07) is 3.88. The number of aryl methyl sites for hydroxylation is 1. The first-order chi connectivity index (χ1) is 9.49. The van der Waals surface area contributed by atoms with Crippen LogP contribution >= 0.6 is 11.6 Å². The number of rotatable bonds is 4. The maximum absolute atomic E-state index is 6.30. The number of nitrogens with two attached hydrogens (primary N) is 1. The minimum absolute atomic E-state index is 0.570. The van der Waals surface area contributed by atoms with Crippen LogP contribution in [0.15, 0.2) is 12.1 Å². The van der Waals surface area contributed by atoms with Crippen LogP contribution in [0.5, 0.6) is 5.75 Å². The van der Waals surface area contributed by atoms with Crippen molar-refractivity contribution < 1.29 is 4.74 Å². The number of hydrogen-bond donors (Lipinski definition) is 1. The van der Waals surface area contributed by atoms with E-state index in [2.05, 4.69) is 11.0 Å². The summed E-state index contributed by atoms with van der Waals surface area (Å²) in [4.78, 5) is 6.75. The van der Waals surface area contributed by atoms with Crippen LogP contribution in [0.4, 0.5) is 5.69 Å². The maximum atomic E-state index is 6.30. The first kappa shape index (κ1) is 14.9. The Kier molecular flexibility index (Phi) is 4.35. The molecule has 2 aromatic rings. The SMILES string of the molecule is COc1cc(Cl)c(C)c2c(N(C)C)cc(CCN)nc12. The Labute approximate surface area is 124 Å². The number of benzene rings is 1. The van der Waals surface area contributed by atoms with Crippen LogP contribution in [-0.4, -0.2) is 32.7 Å². The number of methoxy groups -OCH3 is 1. The van der Waals surface area contributed by atoms with Crippen LogP contribution in [0, 0.1) is 6.92 Å². The second-order valence-corrected chi connectivity index (χ2v) is 5.38. The van der Waals surface area contributed by atoms with E-state index in [0.717, 1.165) is 34.3 Å². The second kappa shape index (κ2) is 5.85. The molecule has 0 radical (unpaired) electrons. The molecule has 0 saturated carbocycles. The van der Waals surface area contributed by atoms with Crippen molar-refractivity contribution in [2.45, 2.75) is 13.3 Å². The number of nitrogens with zero attached hydrogens (tertiary/aromatic N) is 2. The van der Waals surface area contributed by atoms with Gasteiger partial charge in [0.15, 0.2) is 0 Å². The molecule has 0 amide bonds. The van der Waals surface area contributed by atoms with Gasteiger partial charge in [-0.2, -0.15) is 0 Å². The number of aromatic nitrogens is 1. The average Bonchev–Trinajstić information content (AvgIpc) is 2.42. The molecule has 0 saturated heterocycles. The number of halogens is 1. The Morgan fingerprint density at radius 3 is 2.60 bits per heavy atom. The molecule has 0 aliphatic heterocycles. The van der Waals surface area contributed by atoms with Gasteiger partial charge in [-0.25, -0.2) is 4.98 Å². The van der Waals surface area contributed by atoms with Gasteiger partial charge in [0.05, 0.1) is 7.11 Å². The fourth-order valence-corrected chi connectivity index (χ4v) is 2.52. The minimum atomic E-state index is 0.570. The van der Waals surface area contributed by atoms with Gasteiger partial charge < -0.3 is 15.4 Å². The summed E-state index contributed by atoms with van der Waals surface area (Å²) < 4.78 is 5.43. The van der Waals surface area contributed by atoms with Gasteiger partial charge in [-0.1, -0.05) is 11.6 Å². The van der Waals surface area contributed by atoms with Crippen LogP contribution < -0.4 is 15.4 Å². The third-order valence-electron chi connectivity index (χ3n) is 3.38. The van der Waals surface area contributed by atoms with Gasteiger partial charge in [-0.15, -0.1) is 0 Å². The first-order valence-corrected chi connectivity index (χ1v) is 6.91. The largest absolute Gasteiger partial charge is 0.494 e. The molecule has 0 unspecified atom stereocenters. The van der Waals surface area contributed by atoms with Gasteiger partial charge in [-0.05, 0) is 25.1 Å². The smallest absolute Gasteiger partial charge is 0.146 e. The van der Waals surface area contributed by atoms with Gasteiger partial charge in [-0.3, -0.25) is 0 Å². The van der Waals surface area contributed by atoms with Crippen molar-refractivity contribution in [3.8, 4) is 5.75 Å². The molecule has 0 atom stereocenters. The predicted octanol–water partition coefficient (Wildman–Crippen LogP) is 2.77. The highest BCUT2D eigenvalue weighted by atomic mass is 35.5. The van der Waals surface area contributed by atoms with Crippen LogP contribution in [0.1, 0.15) is 11.3 Å². The Morgan fingerprint density at radius 1 is 1.35 bits per heavy atom. The molecule has 0 aliphatic rings. The lowest BCUT2D eigenvalue weighted by Crippen LogP contribution is -2.12. The zero-order valence-electron chi connectivity index (χ0n) is 12.3. The van der Waals surface area contributed by atoms with Gasteiger partial charge in [0, 0.05) is 48.4 Å². The molecule has 108 valence electrons. The standard InChI is InChI=1S/C15H20ClN3O/c1-9-11(16)8-13(20-4)15-14(9)12(19(2)3)7-10(18-15)5-6-17/h7-8H,5-6,17H2,1-4H3. The molecule has 2 N–H and O–H groups in total. The van der Waals surface area contributed by atoms with E-state index in [1.807, 2.05) is 27.1 Å². The van der Waals surface area contributed by atoms with E-state index >= 15 is 0 Å². The monoisotopic (exact) mass is 293 g/mol. The number of ether oxygens (including phenoxy) is 1. The van der Waals surface area contributed by atoms with Crippen molar-refractivity contribution in [2.24, 2.45) is 5.73 Å². The van der Waals surface area contributed by atoms with E-state index in [1.165, 1.54) is 0 Å². The van der Waals surface area contributed by atoms with Gasteiger partial charge in [0.1, 0.15) is 11.3 Å². The summed E-state index contributed by atoms with van der Waals surface area (Å²) in [7, 11) is 5.65. The minimum Gasteiger partial charge on any atom is -0.494 e. The lowest BCUT2D eigenvalue weighted by Gasteiger charge is -2.20. The van der Waals surface area contributed by atoms with Gasteiger partial charge >= 0.3 is 0 Å². The normalized spacial score (nSPS) is 10.9. The zero-order valence-corrected chi connectivity index (χ0v) is 13.1. The summed E-state index contributed by atoms with van der Waals surface area (Å²) in [5.74, 6) is 0.692. The quantitative estimate of drug-likeness (QED) is 0.942. The van der Waals surface area contributed by atoms with Crippen molar-refractivity contribution in [3.05, 3.63) is 28.4 Å². The molecular weight excluding hydrogens is 274 g/mol. The van der Waals surface area contributed by atoms with E-state index < -0.39 is 0 Å². The van der Waals surface area contributed by atoms with Gasteiger partial charge in [0.2, 0.25) is 0 Å². The Balaban J connectivity index is 2.88. The Hall–Kier alpha value is -1.52. The summed E-state index contributed by atoms with van der Waals surface area (Å²) in [6.07, 6.45) is 0.738. The topological polar surface area (TPSA) is 51.4 Å². The Morgan fingerprint density at radius 2 is 2.05 bits per heavy atom. The Bertz CT molecular complexity index is 641. The summed E-state index contributed by atoms with van der Waals surface area (Å²) in [5, 5.41) is 1.71. The van der Waals surface area contributed by atoms with Crippen molar-refractivity contribution in [1.82, 2.24) is 4.98 Å². The van der Waals surface area contributed by atoms with Gasteiger partial charge in [0.25, 0.3) is 0 Å². The number of pyridine rings is 1. The molecule has 5 heteroatoms.